The Kier molecular flexibility index (Phi) is 9.55. The number of hydrogen-bond donors (Lipinski definition) is 1. The highest BCUT2D eigenvalue weighted by atomic mass is 32.2. The predicted molar refractivity (Wildman–Crippen MR) is 159 cm³/mol. The van der Waals surface area contributed by atoms with Crippen molar-refractivity contribution in [3.8, 4) is 11.5 Å². The van der Waals surface area contributed by atoms with Crippen molar-refractivity contribution in [1.29, 1.82) is 0 Å². The van der Waals surface area contributed by atoms with Crippen molar-refractivity contribution >= 4 is 32.2 Å². The highest BCUT2D eigenvalue weighted by Gasteiger charge is 2.39. The molecular formula is C30H36N2O7S2. The Hall–Kier alpha value is -3.22. The van der Waals surface area contributed by atoms with Gasteiger partial charge in [0.05, 0.1) is 20.3 Å². The second-order valence-corrected chi connectivity index (χ2v) is 14.0. The molecule has 0 fully saturated rings. The maximum Gasteiger partial charge on any atom is 0.247 e. The highest BCUT2D eigenvalue weighted by Crippen LogP contribution is 2.35. The van der Waals surface area contributed by atoms with Gasteiger partial charge in [0.2, 0.25) is 20.0 Å². The Balaban J connectivity index is 1.74. The zero-order valence-corrected chi connectivity index (χ0v) is 25.2. The maximum absolute atomic E-state index is 13.8. The van der Waals surface area contributed by atoms with Gasteiger partial charge in [-0.05, 0) is 42.3 Å². The van der Waals surface area contributed by atoms with E-state index in [1.807, 2.05) is 49.4 Å². The summed E-state index contributed by atoms with van der Waals surface area (Å²) in [5, 5.41) is 9.89. The van der Waals surface area contributed by atoms with Gasteiger partial charge in [-0.25, -0.2) is 16.8 Å². The van der Waals surface area contributed by atoms with Crippen LogP contribution in [0.4, 0.5) is 0 Å². The predicted octanol–water partition coefficient (Wildman–Crippen LogP) is 3.95. The van der Waals surface area contributed by atoms with E-state index < -0.39 is 38.1 Å². The molecule has 0 saturated heterocycles. The number of aliphatic hydroxyl groups excluding tert-OH is 1. The van der Waals surface area contributed by atoms with Gasteiger partial charge in [-0.3, -0.25) is 0 Å². The molecule has 1 heterocycles. The Morgan fingerprint density at radius 3 is 2.41 bits per heavy atom. The number of ether oxygens (including phenoxy) is 2. The molecule has 0 unspecified atom stereocenters. The number of benzene rings is 3. The number of sulfonamides is 2. The van der Waals surface area contributed by atoms with Gasteiger partial charge in [0, 0.05) is 25.6 Å². The van der Waals surface area contributed by atoms with E-state index in [0.29, 0.717) is 5.56 Å². The summed E-state index contributed by atoms with van der Waals surface area (Å²) in [6, 6.07) is 20.2. The first-order valence-corrected chi connectivity index (χ1v) is 16.1. The third-order valence-electron chi connectivity index (χ3n) is 7.15. The van der Waals surface area contributed by atoms with Crippen molar-refractivity contribution < 1.29 is 31.4 Å². The number of aliphatic hydroxyl groups is 1. The van der Waals surface area contributed by atoms with Crippen LogP contribution in [0.5, 0.6) is 11.5 Å². The van der Waals surface area contributed by atoms with Crippen LogP contribution in [0.2, 0.25) is 0 Å². The van der Waals surface area contributed by atoms with Crippen molar-refractivity contribution in [1.82, 2.24) is 8.61 Å². The average Bonchev–Trinajstić information content (AvgIpc) is 2.97. The SMILES string of the molecule is COc1ccccc1S(=O)(=O)N(C)C[C@H]1Oc2cc(/C=C/c3ccccc3)ccc2S(=O)(=O)N([C@@H](C)CO)C[C@@H]1C. The van der Waals surface area contributed by atoms with E-state index in [1.54, 1.807) is 37.3 Å². The molecule has 0 radical (unpaired) electrons. The van der Waals surface area contributed by atoms with Crippen LogP contribution in [-0.4, -0.2) is 76.6 Å². The summed E-state index contributed by atoms with van der Waals surface area (Å²) in [4.78, 5) is -0.0165. The number of hydrogen-bond acceptors (Lipinski definition) is 7. The molecule has 1 N–H and O–H groups in total. The minimum absolute atomic E-state index is 0.0235. The van der Waals surface area contributed by atoms with Gasteiger partial charge in [-0.15, -0.1) is 0 Å². The van der Waals surface area contributed by atoms with Crippen LogP contribution < -0.4 is 9.47 Å². The van der Waals surface area contributed by atoms with E-state index in [4.69, 9.17) is 9.47 Å². The third kappa shape index (κ3) is 6.65. The Morgan fingerprint density at radius 1 is 1.07 bits per heavy atom. The summed E-state index contributed by atoms with van der Waals surface area (Å²) in [6.07, 6.45) is 3.06. The molecule has 0 aromatic heterocycles. The second-order valence-electron chi connectivity index (χ2n) is 10.1. The van der Waals surface area contributed by atoms with Crippen molar-refractivity contribution in [2.45, 2.75) is 35.8 Å². The van der Waals surface area contributed by atoms with Crippen molar-refractivity contribution in [3.63, 3.8) is 0 Å². The first kappa shape index (κ1) is 30.7. The lowest BCUT2D eigenvalue weighted by atomic mass is 10.0. The van der Waals surface area contributed by atoms with Crippen LogP contribution in [0, 0.1) is 5.92 Å². The number of methoxy groups -OCH3 is 1. The van der Waals surface area contributed by atoms with E-state index in [-0.39, 0.29) is 41.0 Å². The molecule has 3 atom stereocenters. The largest absolute Gasteiger partial charge is 0.495 e. The molecular weight excluding hydrogens is 564 g/mol. The highest BCUT2D eigenvalue weighted by molar-refractivity contribution is 7.89. The molecule has 1 aliphatic rings. The van der Waals surface area contributed by atoms with E-state index in [1.165, 1.54) is 34.9 Å². The van der Waals surface area contributed by atoms with Crippen LogP contribution in [-0.2, 0) is 20.0 Å². The zero-order chi connectivity index (χ0) is 29.8. The van der Waals surface area contributed by atoms with Crippen molar-refractivity contribution in [2.24, 2.45) is 5.92 Å². The molecule has 0 amide bonds. The van der Waals surface area contributed by atoms with Crippen LogP contribution in [0.25, 0.3) is 12.2 Å². The fraction of sp³-hybridized carbons (Fsp3) is 0.333. The normalized spacial score (nSPS) is 20.1. The van der Waals surface area contributed by atoms with Gasteiger partial charge in [-0.1, -0.05) is 67.6 Å². The Morgan fingerprint density at radius 2 is 1.73 bits per heavy atom. The number of fused-ring (bicyclic) bond motifs is 1. The minimum atomic E-state index is -4.03. The summed E-state index contributed by atoms with van der Waals surface area (Å²) in [6.45, 7) is 3.06. The van der Waals surface area contributed by atoms with Gasteiger partial charge in [0.25, 0.3) is 0 Å². The summed E-state index contributed by atoms with van der Waals surface area (Å²) < 4.78 is 68.7. The molecule has 0 aliphatic carbocycles. The van der Waals surface area contributed by atoms with Gasteiger partial charge in [-0.2, -0.15) is 8.61 Å². The van der Waals surface area contributed by atoms with Crippen LogP contribution in [0.3, 0.4) is 0 Å². The standard InChI is InChI=1S/C30H36N2O7S2/c1-22-19-32(23(2)21-33)41(36,37)30-17-16-25(15-14-24-10-6-5-7-11-24)18-27(30)39-28(22)20-31(3)40(34,35)29-13-9-8-12-26(29)38-4/h5-18,22-23,28,33H,19-21H2,1-4H3/b15-14+/t22-,23-,28+/m0/s1. The van der Waals surface area contributed by atoms with Crippen LogP contribution >= 0.6 is 0 Å². The van der Waals surface area contributed by atoms with E-state index >= 15 is 0 Å². The summed E-state index contributed by atoms with van der Waals surface area (Å²) in [7, 11) is -5.12. The van der Waals surface area contributed by atoms with E-state index in [0.717, 1.165) is 5.56 Å². The molecule has 3 aromatic carbocycles. The fourth-order valence-corrected chi connectivity index (χ4v) is 7.83. The smallest absolute Gasteiger partial charge is 0.247 e. The number of para-hydroxylation sites is 1. The number of nitrogens with zero attached hydrogens (tertiary/aromatic N) is 2. The van der Waals surface area contributed by atoms with Gasteiger partial charge in [0.1, 0.15) is 27.4 Å². The first-order chi connectivity index (χ1) is 19.5. The Bertz CT molecular complexity index is 1590. The zero-order valence-electron chi connectivity index (χ0n) is 23.5. The number of rotatable bonds is 9. The molecule has 0 bridgehead atoms. The number of likely N-dealkylation sites (N-methyl/N-ethyl adjacent to an activating group) is 1. The van der Waals surface area contributed by atoms with E-state index in [9.17, 15) is 21.9 Å². The quantitative estimate of drug-likeness (QED) is 0.370. The average molecular weight is 601 g/mol. The molecule has 1 aliphatic heterocycles. The van der Waals surface area contributed by atoms with Crippen molar-refractivity contribution in [3.05, 3.63) is 83.9 Å². The summed E-state index contributed by atoms with van der Waals surface area (Å²) in [5.74, 6) is -0.0824. The lowest BCUT2D eigenvalue weighted by molar-refractivity contribution is 0.0904. The molecule has 3 aromatic rings. The van der Waals surface area contributed by atoms with Crippen molar-refractivity contribution in [2.75, 3.05) is 33.9 Å². The molecule has 0 saturated carbocycles. The molecule has 9 nitrogen and oxygen atoms in total. The molecule has 11 heteroatoms. The lowest BCUT2D eigenvalue weighted by Gasteiger charge is -2.37. The topological polar surface area (TPSA) is 113 Å². The lowest BCUT2D eigenvalue weighted by Crippen LogP contribution is -2.50. The van der Waals surface area contributed by atoms with Crippen LogP contribution in [0.15, 0.2) is 82.6 Å². The minimum Gasteiger partial charge on any atom is -0.495 e. The monoisotopic (exact) mass is 600 g/mol. The van der Waals surface area contributed by atoms with E-state index in [2.05, 4.69) is 0 Å². The summed E-state index contributed by atoms with van der Waals surface area (Å²) in [5.41, 5.74) is 1.69. The second kappa shape index (κ2) is 12.7. The first-order valence-electron chi connectivity index (χ1n) is 13.2. The molecule has 220 valence electrons. The Labute approximate surface area is 242 Å². The fourth-order valence-electron chi connectivity index (χ4n) is 4.67. The molecule has 0 spiro atoms. The molecule has 4 rings (SSSR count). The maximum atomic E-state index is 13.8. The van der Waals surface area contributed by atoms with Gasteiger partial charge in [0.15, 0.2) is 0 Å². The van der Waals surface area contributed by atoms with Gasteiger partial charge < -0.3 is 14.6 Å². The third-order valence-corrected chi connectivity index (χ3v) is 11.0. The molecule has 41 heavy (non-hydrogen) atoms. The van der Waals surface area contributed by atoms with Gasteiger partial charge >= 0.3 is 0 Å². The summed E-state index contributed by atoms with van der Waals surface area (Å²) >= 11 is 0. The van der Waals surface area contributed by atoms with Crippen LogP contribution in [0.1, 0.15) is 25.0 Å².